The molecule has 2 aromatic carbocycles. The van der Waals surface area contributed by atoms with Gasteiger partial charge in [0, 0.05) is 16.7 Å². The van der Waals surface area contributed by atoms with Gasteiger partial charge in [-0.2, -0.15) is 0 Å². The summed E-state index contributed by atoms with van der Waals surface area (Å²) in [6, 6.07) is 11.3. The number of hydrogen-bond acceptors (Lipinski definition) is 3. The van der Waals surface area contributed by atoms with Gasteiger partial charge in [-0.25, -0.2) is 9.82 Å². The fourth-order valence-corrected chi connectivity index (χ4v) is 2.02. The van der Waals surface area contributed by atoms with Gasteiger partial charge in [0.1, 0.15) is 11.6 Å². The third-order valence-corrected chi connectivity index (χ3v) is 3.14. The lowest BCUT2D eigenvalue weighted by Gasteiger charge is -2.18. The van der Waals surface area contributed by atoms with Crippen LogP contribution < -0.4 is 16.0 Å². The van der Waals surface area contributed by atoms with Gasteiger partial charge in [0.05, 0.1) is 13.2 Å². The van der Waals surface area contributed by atoms with Crippen LogP contribution in [0.5, 0.6) is 5.75 Å². The highest BCUT2D eigenvalue weighted by atomic mass is 35.5. The van der Waals surface area contributed by atoms with Crippen LogP contribution in [0.2, 0.25) is 5.02 Å². The minimum Gasteiger partial charge on any atom is -0.497 e. The van der Waals surface area contributed by atoms with E-state index in [0.717, 1.165) is 5.56 Å². The van der Waals surface area contributed by atoms with Crippen LogP contribution in [0, 0.1) is 5.82 Å². The Hall–Kier alpha value is -1.62. The molecule has 0 heterocycles. The van der Waals surface area contributed by atoms with Crippen LogP contribution in [0.15, 0.2) is 42.5 Å². The molecule has 0 bridgehead atoms. The van der Waals surface area contributed by atoms with Gasteiger partial charge in [-0.05, 0) is 23.8 Å². The first-order valence-corrected chi connectivity index (χ1v) is 6.08. The van der Waals surface area contributed by atoms with Crippen molar-refractivity contribution in [1.29, 1.82) is 0 Å². The molecule has 0 amide bonds. The van der Waals surface area contributed by atoms with Crippen molar-refractivity contribution in [2.45, 2.75) is 6.04 Å². The normalized spacial score (nSPS) is 12.2. The molecule has 0 aliphatic rings. The fraction of sp³-hybridized carbons (Fsp3) is 0.143. The molecule has 2 aromatic rings. The predicted molar refractivity (Wildman–Crippen MR) is 73.6 cm³/mol. The number of hydrazine groups is 1. The van der Waals surface area contributed by atoms with E-state index in [0.29, 0.717) is 16.3 Å². The lowest BCUT2D eigenvalue weighted by Crippen LogP contribution is -2.29. The summed E-state index contributed by atoms with van der Waals surface area (Å²) in [6.07, 6.45) is 0. The number of benzene rings is 2. The molecule has 19 heavy (non-hydrogen) atoms. The summed E-state index contributed by atoms with van der Waals surface area (Å²) in [5, 5.41) is 0.620. The van der Waals surface area contributed by atoms with Gasteiger partial charge in [-0.1, -0.05) is 29.8 Å². The summed E-state index contributed by atoms with van der Waals surface area (Å²) in [6.45, 7) is 0. The third kappa shape index (κ3) is 3.04. The molecule has 0 saturated carbocycles. The first-order valence-electron chi connectivity index (χ1n) is 5.70. The predicted octanol–water partition coefficient (Wildman–Crippen LogP) is 3.04. The fourth-order valence-electron chi connectivity index (χ4n) is 1.89. The van der Waals surface area contributed by atoms with Gasteiger partial charge in [-0.15, -0.1) is 0 Å². The molecule has 0 fully saturated rings. The molecular formula is C14H14ClFN2O. The topological polar surface area (TPSA) is 47.3 Å². The molecule has 1 unspecified atom stereocenters. The zero-order valence-electron chi connectivity index (χ0n) is 10.4. The van der Waals surface area contributed by atoms with Crippen molar-refractivity contribution in [1.82, 2.24) is 5.43 Å². The highest BCUT2D eigenvalue weighted by molar-refractivity contribution is 6.30. The van der Waals surface area contributed by atoms with Gasteiger partial charge < -0.3 is 4.74 Å². The maximum Gasteiger partial charge on any atom is 0.132 e. The number of methoxy groups -OCH3 is 1. The van der Waals surface area contributed by atoms with E-state index in [-0.39, 0.29) is 5.82 Å². The molecule has 3 N–H and O–H groups in total. The highest BCUT2D eigenvalue weighted by Crippen LogP contribution is 2.27. The van der Waals surface area contributed by atoms with Crippen molar-refractivity contribution in [3.05, 3.63) is 64.4 Å². The first-order chi connectivity index (χ1) is 9.15. The minimum atomic E-state index is -0.442. The van der Waals surface area contributed by atoms with Crippen molar-refractivity contribution >= 4 is 11.6 Å². The standard InChI is InChI=1S/C14H14ClFN2O/c1-19-11-6-7-12(13(16)8-11)14(18-17)9-2-4-10(15)5-3-9/h2-8,14,18H,17H2,1H3. The Bertz CT molecular complexity index is 560. The SMILES string of the molecule is COc1ccc(C(NN)c2ccc(Cl)cc2)c(F)c1. The largest absolute Gasteiger partial charge is 0.497 e. The summed E-state index contributed by atoms with van der Waals surface area (Å²) in [5.41, 5.74) is 3.89. The number of halogens is 2. The van der Waals surface area contributed by atoms with Crippen molar-refractivity contribution in [3.8, 4) is 5.75 Å². The number of rotatable bonds is 4. The molecule has 0 saturated heterocycles. The summed E-state index contributed by atoms with van der Waals surface area (Å²) < 4.78 is 19.0. The number of nitrogens with two attached hydrogens (primary N) is 1. The summed E-state index contributed by atoms with van der Waals surface area (Å²) in [5.74, 6) is 5.62. The molecule has 100 valence electrons. The molecule has 0 aliphatic carbocycles. The zero-order chi connectivity index (χ0) is 13.8. The summed E-state index contributed by atoms with van der Waals surface area (Å²) >= 11 is 5.83. The second-order valence-electron chi connectivity index (χ2n) is 4.04. The van der Waals surface area contributed by atoms with Crippen LogP contribution in [0.1, 0.15) is 17.2 Å². The first kappa shape index (κ1) is 13.8. The van der Waals surface area contributed by atoms with E-state index in [2.05, 4.69) is 5.43 Å². The van der Waals surface area contributed by atoms with E-state index in [1.165, 1.54) is 13.2 Å². The van der Waals surface area contributed by atoms with Crippen molar-refractivity contribution < 1.29 is 9.13 Å². The maximum atomic E-state index is 14.0. The van der Waals surface area contributed by atoms with Gasteiger partial charge in [0.25, 0.3) is 0 Å². The summed E-state index contributed by atoms with van der Waals surface area (Å²) in [7, 11) is 1.49. The Morgan fingerprint density at radius 2 is 1.89 bits per heavy atom. The monoisotopic (exact) mass is 280 g/mol. The van der Waals surface area contributed by atoms with E-state index in [1.54, 1.807) is 36.4 Å². The zero-order valence-corrected chi connectivity index (χ0v) is 11.1. The van der Waals surface area contributed by atoms with Crippen LogP contribution >= 0.6 is 11.6 Å². The molecule has 3 nitrogen and oxygen atoms in total. The van der Waals surface area contributed by atoms with Gasteiger partial charge >= 0.3 is 0 Å². The molecule has 2 rings (SSSR count). The average Bonchev–Trinajstić information content (AvgIpc) is 2.43. The van der Waals surface area contributed by atoms with Crippen LogP contribution in [0.25, 0.3) is 0 Å². The summed E-state index contributed by atoms with van der Waals surface area (Å²) in [4.78, 5) is 0. The Labute approximate surface area is 116 Å². The van der Waals surface area contributed by atoms with Crippen LogP contribution in [0.3, 0.4) is 0 Å². The Balaban J connectivity index is 2.39. The van der Waals surface area contributed by atoms with E-state index in [1.807, 2.05) is 0 Å². The molecule has 0 spiro atoms. The molecule has 1 atom stereocenters. The Morgan fingerprint density at radius 1 is 1.21 bits per heavy atom. The second kappa shape index (κ2) is 6.02. The minimum absolute atomic E-state index is 0.378. The molecule has 0 radical (unpaired) electrons. The number of hydrogen-bond donors (Lipinski definition) is 2. The maximum absolute atomic E-state index is 14.0. The molecule has 0 aromatic heterocycles. The van der Waals surface area contributed by atoms with Gasteiger partial charge in [0.15, 0.2) is 0 Å². The lowest BCUT2D eigenvalue weighted by molar-refractivity contribution is 0.410. The van der Waals surface area contributed by atoms with Crippen molar-refractivity contribution in [2.75, 3.05) is 7.11 Å². The smallest absolute Gasteiger partial charge is 0.132 e. The number of nitrogens with one attached hydrogen (secondary N) is 1. The Morgan fingerprint density at radius 3 is 2.42 bits per heavy atom. The number of ether oxygens (including phenoxy) is 1. The van der Waals surface area contributed by atoms with E-state index in [9.17, 15) is 4.39 Å². The third-order valence-electron chi connectivity index (χ3n) is 2.89. The molecular weight excluding hydrogens is 267 g/mol. The van der Waals surface area contributed by atoms with E-state index in [4.69, 9.17) is 22.2 Å². The van der Waals surface area contributed by atoms with Gasteiger partial charge in [-0.3, -0.25) is 5.84 Å². The average molecular weight is 281 g/mol. The van der Waals surface area contributed by atoms with E-state index < -0.39 is 6.04 Å². The van der Waals surface area contributed by atoms with Gasteiger partial charge in [0.2, 0.25) is 0 Å². The molecule has 5 heteroatoms. The van der Waals surface area contributed by atoms with Crippen LogP contribution in [-0.4, -0.2) is 7.11 Å². The second-order valence-corrected chi connectivity index (χ2v) is 4.48. The van der Waals surface area contributed by atoms with Crippen molar-refractivity contribution in [3.63, 3.8) is 0 Å². The van der Waals surface area contributed by atoms with E-state index >= 15 is 0 Å². The Kier molecular flexibility index (Phi) is 4.37. The lowest BCUT2D eigenvalue weighted by atomic mass is 9.99. The molecule has 0 aliphatic heterocycles. The quantitative estimate of drug-likeness (QED) is 0.668. The van der Waals surface area contributed by atoms with Crippen LogP contribution in [-0.2, 0) is 0 Å². The highest BCUT2D eigenvalue weighted by Gasteiger charge is 2.17. The van der Waals surface area contributed by atoms with Crippen molar-refractivity contribution in [2.24, 2.45) is 5.84 Å². The van der Waals surface area contributed by atoms with Crippen LogP contribution in [0.4, 0.5) is 4.39 Å².